The van der Waals surface area contributed by atoms with Gasteiger partial charge in [0.15, 0.2) is 16.7 Å². The van der Waals surface area contributed by atoms with Crippen LogP contribution in [0.1, 0.15) is 24.5 Å². The van der Waals surface area contributed by atoms with E-state index in [1.165, 1.54) is 11.8 Å². The second-order valence-electron chi connectivity index (χ2n) is 7.88. The molecule has 0 saturated carbocycles. The van der Waals surface area contributed by atoms with Gasteiger partial charge in [0.1, 0.15) is 6.61 Å². The largest absolute Gasteiger partial charge is 0.493 e. The van der Waals surface area contributed by atoms with Crippen LogP contribution in [-0.4, -0.2) is 29.6 Å². The van der Waals surface area contributed by atoms with Crippen molar-refractivity contribution in [3.8, 4) is 11.5 Å². The van der Waals surface area contributed by atoms with E-state index in [0.717, 1.165) is 27.7 Å². The van der Waals surface area contributed by atoms with Gasteiger partial charge in [-0.1, -0.05) is 58.2 Å². The molecule has 1 amide bonds. The molecule has 0 aromatic heterocycles. The summed E-state index contributed by atoms with van der Waals surface area (Å²) in [5.41, 5.74) is 2.52. The van der Waals surface area contributed by atoms with Crippen LogP contribution >= 0.6 is 50.9 Å². The van der Waals surface area contributed by atoms with Crippen LogP contribution in [0.25, 0.3) is 6.08 Å². The first-order valence-corrected chi connectivity index (χ1v) is 13.5. The maximum absolute atomic E-state index is 13.2. The maximum atomic E-state index is 13.2. The van der Waals surface area contributed by atoms with Gasteiger partial charge in [0.2, 0.25) is 0 Å². The monoisotopic (exact) mass is 604 g/mol. The molecule has 186 valence electrons. The number of carbonyl (C=O) groups is 1. The highest BCUT2D eigenvalue weighted by molar-refractivity contribution is 9.10. The van der Waals surface area contributed by atoms with Crippen LogP contribution in [0.2, 0.25) is 10.0 Å². The third kappa shape index (κ3) is 6.45. The molecular formula is C27H23BrCl2N2O3S. The highest BCUT2D eigenvalue weighted by atomic mass is 79.9. The van der Waals surface area contributed by atoms with Gasteiger partial charge in [-0.2, -0.15) is 0 Å². The molecule has 3 aromatic carbocycles. The van der Waals surface area contributed by atoms with Gasteiger partial charge in [-0.3, -0.25) is 9.69 Å². The highest BCUT2D eigenvalue weighted by Crippen LogP contribution is 2.39. The van der Waals surface area contributed by atoms with Crippen molar-refractivity contribution >= 4 is 73.7 Å². The van der Waals surface area contributed by atoms with Crippen LogP contribution in [0.4, 0.5) is 5.69 Å². The lowest BCUT2D eigenvalue weighted by Crippen LogP contribution is -2.29. The number of amides is 1. The fourth-order valence-corrected chi connectivity index (χ4v) is 5.16. The number of thioether (sulfide) groups is 1. The Morgan fingerprint density at radius 3 is 2.33 bits per heavy atom. The number of benzene rings is 3. The normalized spacial score (nSPS) is 15.7. The Kier molecular flexibility index (Phi) is 9.01. The number of methoxy groups -OCH3 is 1. The minimum atomic E-state index is -0.0801. The van der Waals surface area contributed by atoms with Crippen molar-refractivity contribution in [3.05, 3.63) is 91.2 Å². The Labute approximate surface area is 233 Å². The highest BCUT2D eigenvalue weighted by Gasteiger charge is 2.33. The number of aliphatic imine (C=N–C) groups is 1. The number of halogens is 3. The first-order valence-electron chi connectivity index (χ1n) is 11.2. The summed E-state index contributed by atoms with van der Waals surface area (Å²) in [6.07, 6.45) is 2.66. The van der Waals surface area contributed by atoms with E-state index in [1.54, 1.807) is 24.1 Å². The van der Waals surface area contributed by atoms with Crippen LogP contribution in [0.15, 0.2) is 75.0 Å². The van der Waals surface area contributed by atoms with Gasteiger partial charge in [0.25, 0.3) is 5.91 Å². The van der Waals surface area contributed by atoms with Gasteiger partial charge in [0.05, 0.1) is 17.7 Å². The average molecular weight is 606 g/mol. The summed E-state index contributed by atoms with van der Waals surface area (Å²) in [5, 5.41) is 1.95. The van der Waals surface area contributed by atoms with E-state index in [1.807, 2.05) is 61.5 Å². The second kappa shape index (κ2) is 12.2. The van der Waals surface area contributed by atoms with Crippen molar-refractivity contribution in [2.24, 2.45) is 4.99 Å². The van der Waals surface area contributed by atoms with E-state index >= 15 is 0 Å². The van der Waals surface area contributed by atoms with E-state index in [4.69, 9.17) is 37.7 Å². The van der Waals surface area contributed by atoms with Crippen molar-refractivity contribution in [2.75, 3.05) is 13.7 Å². The maximum Gasteiger partial charge on any atom is 0.266 e. The summed E-state index contributed by atoms with van der Waals surface area (Å²) in [7, 11) is 1.59. The fourth-order valence-electron chi connectivity index (χ4n) is 3.45. The van der Waals surface area contributed by atoms with Crippen LogP contribution in [0, 0.1) is 0 Å². The molecule has 0 bridgehead atoms. The van der Waals surface area contributed by atoms with Gasteiger partial charge < -0.3 is 9.47 Å². The van der Waals surface area contributed by atoms with Gasteiger partial charge in [-0.25, -0.2) is 4.99 Å². The molecule has 1 saturated heterocycles. The Morgan fingerprint density at radius 1 is 1.03 bits per heavy atom. The van der Waals surface area contributed by atoms with E-state index < -0.39 is 0 Å². The van der Waals surface area contributed by atoms with Gasteiger partial charge in [-0.05, 0) is 83.9 Å². The van der Waals surface area contributed by atoms with Crippen molar-refractivity contribution in [1.82, 2.24) is 4.90 Å². The van der Waals surface area contributed by atoms with Crippen molar-refractivity contribution in [1.29, 1.82) is 0 Å². The number of nitrogens with zero attached hydrogens (tertiary/aromatic N) is 2. The molecule has 0 unspecified atom stereocenters. The number of ether oxygens (including phenoxy) is 2. The van der Waals surface area contributed by atoms with Crippen LogP contribution in [-0.2, 0) is 11.4 Å². The molecule has 1 aliphatic heterocycles. The molecule has 1 fully saturated rings. The summed E-state index contributed by atoms with van der Waals surface area (Å²) in [6, 6.07) is 18.4. The van der Waals surface area contributed by atoms with Crippen LogP contribution in [0.5, 0.6) is 11.5 Å². The van der Waals surface area contributed by atoms with Crippen LogP contribution < -0.4 is 9.47 Å². The lowest BCUT2D eigenvalue weighted by molar-refractivity contribution is -0.122. The zero-order chi connectivity index (χ0) is 25.7. The quantitative estimate of drug-likeness (QED) is 0.242. The summed E-state index contributed by atoms with van der Waals surface area (Å²) >= 11 is 16.9. The minimum Gasteiger partial charge on any atom is -0.493 e. The zero-order valence-electron chi connectivity index (χ0n) is 19.6. The molecule has 0 radical (unpaired) electrons. The molecule has 9 heteroatoms. The number of rotatable bonds is 8. The Balaban J connectivity index is 1.59. The minimum absolute atomic E-state index is 0.0801. The molecule has 1 heterocycles. The van der Waals surface area contributed by atoms with Gasteiger partial charge >= 0.3 is 0 Å². The van der Waals surface area contributed by atoms with Crippen molar-refractivity contribution in [2.45, 2.75) is 20.0 Å². The lowest BCUT2D eigenvalue weighted by Gasteiger charge is -2.14. The molecule has 3 aromatic rings. The first-order chi connectivity index (χ1) is 17.4. The summed E-state index contributed by atoms with van der Waals surface area (Å²) in [4.78, 5) is 20.2. The molecule has 5 nitrogen and oxygen atoms in total. The standard InChI is InChI=1S/C27H23BrCl2N2O3S/c1-3-12-32-26(33)25(36-27(32)31-21-10-8-20(30)9-11-21)14-18-13-23(34-2)24(15-22(18)28)35-16-17-4-6-19(29)7-5-17/h4-11,13-15H,3,12,16H2,1-2H3/b25-14-,31-27?. The second-order valence-corrected chi connectivity index (χ2v) is 10.6. The average Bonchev–Trinajstić information content (AvgIpc) is 3.15. The van der Waals surface area contributed by atoms with Gasteiger partial charge in [-0.15, -0.1) is 0 Å². The molecule has 0 N–H and O–H groups in total. The first kappa shape index (κ1) is 26.6. The van der Waals surface area contributed by atoms with Gasteiger partial charge in [0, 0.05) is 21.1 Å². The molecule has 36 heavy (non-hydrogen) atoms. The SMILES string of the molecule is CCCN1C(=O)/C(=C/c2cc(OC)c(OCc3ccc(Cl)cc3)cc2Br)SC1=Nc1ccc(Cl)cc1. The molecule has 0 aliphatic carbocycles. The third-order valence-electron chi connectivity index (χ3n) is 5.26. The Morgan fingerprint density at radius 2 is 1.69 bits per heavy atom. The summed E-state index contributed by atoms with van der Waals surface area (Å²) in [5.74, 6) is 1.07. The number of carbonyl (C=O) groups excluding carboxylic acids is 1. The molecule has 4 rings (SSSR count). The summed E-state index contributed by atoms with van der Waals surface area (Å²) < 4.78 is 12.3. The lowest BCUT2D eigenvalue weighted by atomic mass is 10.1. The third-order valence-corrected chi connectivity index (χ3v) is 7.46. The van der Waals surface area contributed by atoms with E-state index in [-0.39, 0.29) is 5.91 Å². The molecule has 0 atom stereocenters. The number of hydrogen-bond donors (Lipinski definition) is 0. The van der Waals surface area contributed by atoms with Crippen molar-refractivity contribution < 1.29 is 14.3 Å². The van der Waals surface area contributed by atoms with Crippen LogP contribution in [0.3, 0.4) is 0 Å². The van der Waals surface area contributed by atoms with Crippen molar-refractivity contribution in [3.63, 3.8) is 0 Å². The number of hydrogen-bond acceptors (Lipinski definition) is 5. The van der Waals surface area contributed by atoms with E-state index in [9.17, 15) is 4.79 Å². The molecular weight excluding hydrogens is 583 g/mol. The Hall–Kier alpha value is -2.45. The zero-order valence-corrected chi connectivity index (χ0v) is 23.5. The predicted molar refractivity (Wildman–Crippen MR) is 153 cm³/mol. The fraction of sp³-hybridized carbons (Fsp3) is 0.185. The topological polar surface area (TPSA) is 51.1 Å². The Bertz CT molecular complexity index is 1310. The predicted octanol–water partition coefficient (Wildman–Crippen LogP) is 8.36. The number of amidine groups is 1. The molecule has 1 aliphatic rings. The van der Waals surface area contributed by atoms with E-state index in [0.29, 0.717) is 44.8 Å². The molecule has 0 spiro atoms. The smallest absolute Gasteiger partial charge is 0.266 e. The van der Waals surface area contributed by atoms with E-state index in [2.05, 4.69) is 15.9 Å². The summed E-state index contributed by atoms with van der Waals surface area (Å²) in [6.45, 7) is 2.98.